The molecule has 0 radical (unpaired) electrons. The highest BCUT2D eigenvalue weighted by molar-refractivity contribution is 9.10. The Hall–Kier alpha value is -0.770. The first-order valence-corrected chi connectivity index (χ1v) is 8.23. The van der Waals surface area contributed by atoms with Crippen molar-refractivity contribution in [1.29, 1.82) is 0 Å². The zero-order valence-electron chi connectivity index (χ0n) is 12.5. The van der Waals surface area contributed by atoms with Crippen LogP contribution in [0.1, 0.15) is 33.4 Å². The lowest BCUT2D eigenvalue weighted by atomic mass is 9.92. The van der Waals surface area contributed by atoms with Crippen molar-refractivity contribution in [3.8, 4) is 0 Å². The Morgan fingerprint density at radius 1 is 1.45 bits per heavy atom. The molecular formula is C13H17BrF2N2O3S. The minimum absolute atomic E-state index is 0.205. The molecule has 0 aliphatic heterocycles. The molecule has 2 N–H and O–H groups in total. The first kappa shape index (κ1) is 19.3. The lowest BCUT2D eigenvalue weighted by Gasteiger charge is -2.35. The number of nitrogens with one attached hydrogen (secondary N) is 1. The largest absolute Gasteiger partial charge is 0.598 e. The fourth-order valence-corrected chi connectivity index (χ4v) is 2.80. The summed E-state index contributed by atoms with van der Waals surface area (Å²) >= 11 is 1.19. The van der Waals surface area contributed by atoms with Crippen LogP contribution in [0, 0.1) is 5.82 Å². The Kier molecular flexibility index (Phi) is 5.94. The maximum absolute atomic E-state index is 14.3. The van der Waals surface area contributed by atoms with Crippen LogP contribution in [0.15, 0.2) is 16.7 Å². The summed E-state index contributed by atoms with van der Waals surface area (Å²) in [5, 5.41) is 8.98. The zero-order chi connectivity index (χ0) is 17.3. The van der Waals surface area contributed by atoms with E-state index in [1.54, 1.807) is 20.8 Å². The number of carboxylic acid groups (broad SMARTS) is 1. The summed E-state index contributed by atoms with van der Waals surface area (Å²) in [4.78, 5) is 14.9. The standard InChI is InChI=1S/C13H17BrF2N2O3S/c1-12(2,3)22(21)18-13(4,9(16)11(19)20)10-7(15)5-6-8(14)17-10/h5-6,9,18H,1-4H3,(H,19,20)/t9?,13?,22-/m1/s1. The smallest absolute Gasteiger partial charge is 0.340 e. The molecule has 2 unspecified atom stereocenters. The monoisotopic (exact) mass is 398 g/mol. The lowest BCUT2D eigenvalue weighted by molar-refractivity contribution is -0.145. The summed E-state index contributed by atoms with van der Waals surface area (Å²) in [5.41, 5.74) is -2.56. The number of hydrogen-bond donors (Lipinski definition) is 2. The molecule has 1 aromatic rings. The quantitative estimate of drug-likeness (QED) is 0.588. The van der Waals surface area contributed by atoms with E-state index in [1.807, 2.05) is 0 Å². The maximum atomic E-state index is 14.3. The average Bonchev–Trinajstić information content (AvgIpc) is 2.39. The minimum atomic E-state index is -2.55. The Labute approximate surface area is 139 Å². The number of rotatable bonds is 5. The second kappa shape index (κ2) is 6.77. The molecule has 0 aliphatic carbocycles. The molecule has 5 nitrogen and oxygen atoms in total. The van der Waals surface area contributed by atoms with Crippen molar-refractivity contribution >= 4 is 33.3 Å². The minimum Gasteiger partial charge on any atom is -0.598 e. The van der Waals surface area contributed by atoms with Crippen molar-refractivity contribution in [3.63, 3.8) is 0 Å². The number of halogens is 3. The van der Waals surface area contributed by atoms with Gasteiger partial charge in [-0.2, -0.15) is 0 Å². The van der Waals surface area contributed by atoms with Gasteiger partial charge in [-0.3, -0.25) is 0 Å². The molecule has 0 saturated carbocycles. The first-order chi connectivity index (χ1) is 9.89. The van der Waals surface area contributed by atoms with Gasteiger partial charge in [0.05, 0.1) is 0 Å². The van der Waals surface area contributed by atoms with Crippen LogP contribution in [0.4, 0.5) is 8.78 Å². The summed E-state index contributed by atoms with van der Waals surface area (Å²) < 4.78 is 42.4. The van der Waals surface area contributed by atoms with E-state index >= 15 is 0 Å². The molecule has 9 heteroatoms. The Morgan fingerprint density at radius 3 is 2.45 bits per heavy atom. The fourth-order valence-electron chi connectivity index (χ4n) is 1.60. The summed E-state index contributed by atoms with van der Waals surface area (Å²) in [6.45, 7) is 5.98. The number of nitrogens with zero attached hydrogens (tertiary/aromatic N) is 1. The summed E-state index contributed by atoms with van der Waals surface area (Å²) in [6.07, 6.45) is -2.55. The Morgan fingerprint density at radius 2 is 2.00 bits per heavy atom. The van der Waals surface area contributed by atoms with Gasteiger partial charge in [0, 0.05) is 11.4 Å². The van der Waals surface area contributed by atoms with Gasteiger partial charge in [-0.25, -0.2) is 18.6 Å². The molecule has 22 heavy (non-hydrogen) atoms. The Balaban J connectivity index is 3.40. The van der Waals surface area contributed by atoms with Crippen molar-refractivity contribution in [2.75, 3.05) is 0 Å². The van der Waals surface area contributed by atoms with Crippen LogP contribution in [0.3, 0.4) is 0 Å². The second-order valence-corrected chi connectivity index (χ2v) is 8.63. The van der Waals surface area contributed by atoms with Crippen molar-refractivity contribution in [2.45, 2.75) is 44.2 Å². The van der Waals surface area contributed by atoms with E-state index in [0.29, 0.717) is 0 Å². The van der Waals surface area contributed by atoms with E-state index < -0.39 is 45.3 Å². The Bertz CT molecular complexity index is 571. The third kappa shape index (κ3) is 4.15. The topological polar surface area (TPSA) is 85.3 Å². The van der Waals surface area contributed by atoms with Crippen LogP contribution in [0.25, 0.3) is 0 Å². The molecule has 0 amide bonds. The van der Waals surface area contributed by atoms with Crippen molar-refractivity contribution < 1.29 is 23.2 Å². The molecular weight excluding hydrogens is 382 g/mol. The molecule has 0 aromatic carbocycles. The van der Waals surface area contributed by atoms with Crippen LogP contribution >= 0.6 is 15.9 Å². The van der Waals surface area contributed by atoms with Gasteiger partial charge in [-0.1, -0.05) is 0 Å². The van der Waals surface area contributed by atoms with Crippen LogP contribution in [0.2, 0.25) is 0 Å². The van der Waals surface area contributed by atoms with Gasteiger partial charge in [0.15, 0.2) is 0 Å². The molecule has 124 valence electrons. The third-order valence-corrected chi connectivity index (χ3v) is 5.05. The number of carboxylic acids is 1. The molecule has 0 fully saturated rings. The zero-order valence-corrected chi connectivity index (χ0v) is 14.9. The number of pyridine rings is 1. The highest BCUT2D eigenvalue weighted by Gasteiger charge is 2.49. The summed E-state index contributed by atoms with van der Waals surface area (Å²) in [6, 6.07) is 2.33. The van der Waals surface area contributed by atoms with Gasteiger partial charge < -0.3 is 9.66 Å². The van der Waals surface area contributed by atoms with Gasteiger partial charge in [0.1, 0.15) is 26.4 Å². The summed E-state index contributed by atoms with van der Waals surface area (Å²) in [5.74, 6) is -2.70. The first-order valence-electron chi connectivity index (χ1n) is 6.28. The normalized spacial score (nSPS) is 17.6. The number of aromatic nitrogens is 1. The van der Waals surface area contributed by atoms with E-state index in [4.69, 9.17) is 5.11 Å². The number of alkyl halides is 1. The predicted molar refractivity (Wildman–Crippen MR) is 82.8 cm³/mol. The second-order valence-electron chi connectivity index (χ2n) is 5.85. The van der Waals surface area contributed by atoms with Gasteiger partial charge in [0.25, 0.3) is 0 Å². The molecule has 3 atom stereocenters. The maximum Gasteiger partial charge on any atom is 0.340 e. The van der Waals surface area contributed by atoms with E-state index in [0.717, 1.165) is 13.0 Å². The van der Waals surface area contributed by atoms with Gasteiger partial charge in [0.2, 0.25) is 6.17 Å². The van der Waals surface area contributed by atoms with E-state index in [1.165, 1.54) is 6.07 Å². The summed E-state index contributed by atoms with van der Waals surface area (Å²) in [7, 11) is 0. The fraction of sp³-hybridized carbons (Fsp3) is 0.538. The molecule has 0 spiro atoms. The van der Waals surface area contributed by atoms with E-state index in [-0.39, 0.29) is 4.60 Å². The molecule has 0 bridgehead atoms. The van der Waals surface area contributed by atoms with Gasteiger partial charge >= 0.3 is 5.97 Å². The molecule has 1 aromatic heterocycles. The predicted octanol–water partition coefficient (Wildman–Crippen LogP) is 2.67. The van der Waals surface area contributed by atoms with E-state index in [9.17, 15) is 18.1 Å². The van der Waals surface area contributed by atoms with Crippen molar-refractivity contribution in [2.24, 2.45) is 0 Å². The van der Waals surface area contributed by atoms with Crippen LogP contribution in [-0.2, 0) is 21.7 Å². The van der Waals surface area contributed by atoms with Crippen LogP contribution in [0.5, 0.6) is 0 Å². The van der Waals surface area contributed by atoms with E-state index in [2.05, 4.69) is 25.6 Å². The molecule has 0 aliphatic rings. The number of aliphatic carboxylic acids is 1. The average molecular weight is 399 g/mol. The van der Waals surface area contributed by atoms with Crippen LogP contribution in [-0.4, -0.2) is 31.5 Å². The van der Waals surface area contributed by atoms with Crippen molar-refractivity contribution in [1.82, 2.24) is 9.71 Å². The van der Waals surface area contributed by atoms with Gasteiger partial charge in [-0.05, 0) is 55.8 Å². The molecule has 1 rings (SSSR count). The SMILES string of the molecule is CC(N[S@+]([O-])C(C)(C)C)(c1nc(Br)ccc1F)C(F)C(=O)O. The van der Waals surface area contributed by atoms with Crippen molar-refractivity contribution in [3.05, 3.63) is 28.2 Å². The molecule has 0 saturated heterocycles. The van der Waals surface area contributed by atoms with Gasteiger partial charge in [-0.15, -0.1) is 4.72 Å². The lowest BCUT2D eigenvalue weighted by Crippen LogP contribution is -2.57. The highest BCUT2D eigenvalue weighted by atomic mass is 79.9. The number of hydrogen-bond acceptors (Lipinski definition) is 4. The van der Waals surface area contributed by atoms with Crippen LogP contribution < -0.4 is 4.72 Å². The number of carbonyl (C=O) groups is 1. The highest BCUT2D eigenvalue weighted by Crippen LogP contribution is 2.32. The molecule has 1 heterocycles. The third-order valence-electron chi connectivity index (χ3n) is 2.89.